The van der Waals surface area contributed by atoms with Crippen molar-refractivity contribution in [1.29, 1.82) is 0 Å². The number of methoxy groups -OCH3 is 1. The molecule has 0 spiro atoms. The van der Waals surface area contributed by atoms with Crippen LogP contribution in [0.25, 0.3) is 22.0 Å². The zero-order valence-electron chi connectivity index (χ0n) is 19.0. The summed E-state index contributed by atoms with van der Waals surface area (Å²) in [6.07, 6.45) is 2.27. The van der Waals surface area contributed by atoms with E-state index >= 15 is 0 Å². The fourth-order valence-corrected chi connectivity index (χ4v) is 3.87. The number of halogens is 2. The Bertz CT molecular complexity index is 1300. The number of ether oxygens (including phenoxy) is 3. The van der Waals surface area contributed by atoms with Crippen molar-refractivity contribution < 1.29 is 27.8 Å². The number of hydrogen-bond acceptors (Lipinski definition) is 4. The third kappa shape index (κ3) is 5.03. The highest BCUT2D eigenvalue weighted by molar-refractivity contribution is 5.84. The van der Waals surface area contributed by atoms with Gasteiger partial charge in [0.25, 0.3) is 0 Å². The maximum atomic E-state index is 13.7. The maximum Gasteiger partial charge on any atom is 0.307 e. The van der Waals surface area contributed by atoms with Crippen molar-refractivity contribution in [3.63, 3.8) is 0 Å². The molecule has 1 aromatic heterocycles. The fraction of sp³-hybridized carbons (Fsp3) is 0.222. The molecular weight excluding hydrogens is 440 g/mol. The second-order valence-corrected chi connectivity index (χ2v) is 7.69. The summed E-state index contributed by atoms with van der Waals surface area (Å²) in [5.41, 5.74) is 3.18. The van der Waals surface area contributed by atoms with Crippen LogP contribution in [0.15, 0.2) is 66.9 Å². The number of fused-ring (bicyclic) bond motifs is 1. The van der Waals surface area contributed by atoms with Crippen molar-refractivity contribution in [2.75, 3.05) is 13.7 Å². The van der Waals surface area contributed by atoms with Crippen LogP contribution in [0.1, 0.15) is 18.9 Å². The minimum atomic E-state index is -0.954. The third-order valence-electron chi connectivity index (χ3n) is 5.57. The van der Waals surface area contributed by atoms with Crippen LogP contribution >= 0.6 is 0 Å². The molecule has 0 N–H and O–H groups in total. The molecule has 7 heteroatoms. The summed E-state index contributed by atoms with van der Waals surface area (Å²) in [6, 6.07) is 17.2. The molecule has 0 aliphatic carbocycles. The molecule has 3 aromatic carbocycles. The second-order valence-electron chi connectivity index (χ2n) is 7.69. The molecule has 0 saturated carbocycles. The molecular formula is C27H25F2NO4. The first-order valence-electron chi connectivity index (χ1n) is 11.0. The van der Waals surface area contributed by atoms with Crippen molar-refractivity contribution >= 4 is 16.9 Å². The van der Waals surface area contributed by atoms with E-state index in [-0.39, 0.29) is 11.7 Å². The van der Waals surface area contributed by atoms with Gasteiger partial charge in [-0.05, 0) is 48.4 Å². The van der Waals surface area contributed by atoms with Gasteiger partial charge < -0.3 is 18.8 Å². The number of aryl methyl sites for hydroxylation is 1. The number of esters is 1. The number of rotatable bonds is 9. The Morgan fingerprint density at radius 1 is 1.00 bits per heavy atom. The van der Waals surface area contributed by atoms with Gasteiger partial charge in [-0.3, -0.25) is 4.79 Å². The number of benzene rings is 3. The SMILES string of the molecule is CCOC(=O)CCn1ccc2c(COc3ccc(-c4cc(F)c(F)cc4OC)cc3)cccc21. The lowest BCUT2D eigenvalue weighted by Crippen LogP contribution is -2.08. The monoisotopic (exact) mass is 465 g/mol. The summed E-state index contributed by atoms with van der Waals surface area (Å²) in [7, 11) is 1.42. The number of nitrogens with zero attached hydrogens (tertiary/aromatic N) is 1. The van der Waals surface area contributed by atoms with Crippen molar-refractivity contribution in [3.05, 3.63) is 84.1 Å². The van der Waals surface area contributed by atoms with E-state index in [0.29, 0.717) is 43.1 Å². The molecule has 4 rings (SSSR count). The van der Waals surface area contributed by atoms with Gasteiger partial charge in [0.1, 0.15) is 18.1 Å². The first kappa shape index (κ1) is 23.3. The first-order chi connectivity index (χ1) is 16.5. The average Bonchev–Trinajstić information content (AvgIpc) is 3.27. The molecule has 0 radical (unpaired) electrons. The van der Waals surface area contributed by atoms with Crippen LogP contribution in [-0.4, -0.2) is 24.3 Å². The lowest BCUT2D eigenvalue weighted by Gasteiger charge is -2.12. The molecule has 0 aliphatic heterocycles. The Hall–Kier alpha value is -3.87. The zero-order chi connectivity index (χ0) is 24.1. The van der Waals surface area contributed by atoms with Crippen LogP contribution in [0.2, 0.25) is 0 Å². The molecule has 0 amide bonds. The molecule has 0 fully saturated rings. The summed E-state index contributed by atoms with van der Waals surface area (Å²) in [5, 5.41) is 1.05. The van der Waals surface area contributed by atoms with Crippen molar-refractivity contribution in [3.8, 4) is 22.6 Å². The quantitative estimate of drug-likeness (QED) is 0.279. The van der Waals surface area contributed by atoms with E-state index in [1.54, 1.807) is 31.2 Å². The lowest BCUT2D eigenvalue weighted by atomic mass is 10.0. The normalized spacial score (nSPS) is 10.9. The van der Waals surface area contributed by atoms with Gasteiger partial charge >= 0.3 is 5.97 Å². The summed E-state index contributed by atoms with van der Waals surface area (Å²) < 4.78 is 45.5. The van der Waals surface area contributed by atoms with Gasteiger partial charge in [0.15, 0.2) is 11.6 Å². The number of carbonyl (C=O) groups is 1. The Kier molecular flexibility index (Phi) is 7.11. The lowest BCUT2D eigenvalue weighted by molar-refractivity contribution is -0.143. The van der Waals surface area contributed by atoms with Crippen molar-refractivity contribution in [2.24, 2.45) is 0 Å². The van der Waals surface area contributed by atoms with Gasteiger partial charge in [0.2, 0.25) is 0 Å². The molecule has 0 bridgehead atoms. The Balaban J connectivity index is 1.46. The molecule has 1 heterocycles. The van der Waals surface area contributed by atoms with Gasteiger partial charge in [-0.15, -0.1) is 0 Å². The number of carbonyl (C=O) groups excluding carboxylic acids is 1. The minimum Gasteiger partial charge on any atom is -0.496 e. The molecule has 0 saturated heterocycles. The smallest absolute Gasteiger partial charge is 0.307 e. The van der Waals surface area contributed by atoms with Crippen LogP contribution < -0.4 is 9.47 Å². The van der Waals surface area contributed by atoms with E-state index in [1.165, 1.54) is 7.11 Å². The summed E-state index contributed by atoms with van der Waals surface area (Å²) >= 11 is 0. The van der Waals surface area contributed by atoms with E-state index in [0.717, 1.165) is 28.6 Å². The number of aromatic nitrogens is 1. The van der Waals surface area contributed by atoms with Crippen molar-refractivity contribution in [1.82, 2.24) is 4.57 Å². The Labute approximate surface area is 196 Å². The Morgan fingerprint density at radius 2 is 1.76 bits per heavy atom. The van der Waals surface area contributed by atoms with Gasteiger partial charge in [-0.1, -0.05) is 24.3 Å². The van der Waals surface area contributed by atoms with E-state index in [9.17, 15) is 13.6 Å². The largest absolute Gasteiger partial charge is 0.496 e. The van der Waals surface area contributed by atoms with E-state index in [2.05, 4.69) is 0 Å². The van der Waals surface area contributed by atoms with Gasteiger partial charge in [-0.25, -0.2) is 8.78 Å². The molecule has 34 heavy (non-hydrogen) atoms. The van der Waals surface area contributed by atoms with E-state index in [4.69, 9.17) is 14.2 Å². The van der Waals surface area contributed by atoms with Crippen LogP contribution in [-0.2, 0) is 22.7 Å². The van der Waals surface area contributed by atoms with Crippen LogP contribution in [0.3, 0.4) is 0 Å². The van der Waals surface area contributed by atoms with E-state index in [1.807, 2.05) is 35.0 Å². The summed E-state index contributed by atoms with van der Waals surface area (Å²) in [5.74, 6) is -1.20. The van der Waals surface area contributed by atoms with Crippen molar-refractivity contribution in [2.45, 2.75) is 26.5 Å². The molecule has 5 nitrogen and oxygen atoms in total. The average molecular weight is 465 g/mol. The molecule has 0 atom stereocenters. The molecule has 0 aliphatic rings. The predicted octanol–water partition coefficient (Wildman–Crippen LogP) is 6.13. The molecule has 176 valence electrons. The fourth-order valence-electron chi connectivity index (χ4n) is 3.87. The topological polar surface area (TPSA) is 49.7 Å². The minimum absolute atomic E-state index is 0.215. The van der Waals surface area contributed by atoms with Gasteiger partial charge in [-0.2, -0.15) is 0 Å². The first-order valence-corrected chi connectivity index (χ1v) is 11.0. The van der Waals surface area contributed by atoms with Crippen LogP contribution in [0.5, 0.6) is 11.5 Å². The zero-order valence-corrected chi connectivity index (χ0v) is 19.0. The second kappa shape index (κ2) is 10.4. The number of hydrogen-bond donors (Lipinski definition) is 0. The summed E-state index contributed by atoms with van der Waals surface area (Å²) in [6.45, 7) is 3.07. The predicted molar refractivity (Wildman–Crippen MR) is 126 cm³/mol. The highest BCUT2D eigenvalue weighted by atomic mass is 19.2. The van der Waals surface area contributed by atoms with Crippen LogP contribution in [0, 0.1) is 11.6 Å². The highest BCUT2D eigenvalue weighted by Crippen LogP contribution is 2.33. The Morgan fingerprint density at radius 3 is 2.50 bits per heavy atom. The standard InChI is InChI=1S/C27H25F2NO4/c1-3-33-27(31)12-14-30-13-11-21-19(5-4-6-25(21)30)17-34-20-9-7-18(8-10-20)22-15-23(28)24(29)16-26(22)32-2/h4-11,13,15-16H,3,12,14,17H2,1-2H3. The summed E-state index contributed by atoms with van der Waals surface area (Å²) in [4.78, 5) is 11.7. The van der Waals surface area contributed by atoms with Gasteiger partial charge in [0, 0.05) is 35.3 Å². The highest BCUT2D eigenvalue weighted by Gasteiger charge is 2.13. The third-order valence-corrected chi connectivity index (χ3v) is 5.57. The maximum absolute atomic E-state index is 13.7. The molecule has 4 aromatic rings. The van der Waals surface area contributed by atoms with E-state index < -0.39 is 11.6 Å². The van der Waals surface area contributed by atoms with Gasteiger partial charge in [0.05, 0.1) is 20.1 Å². The van der Waals surface area contributed by atoms with Crippen LogP contribution in [0.4, 0.5) is 8.78 Å². The molecule has 0 unspecified atom stereocenters.